The van der Waals surface area contributed by atoms with Crippen molar-refractivity contribution >= 4 is 22.8 Å². The van der Waals surface area contributed by atoms with Gasteiger partial charge in [-0.05, 0) is 36.5 Å². The predicted octanol–water partition coefficient (Wildman–Crippen LogP) is 1.43. The second-order valence-electron chi connectivity index (χ2n) is 6.94. The first-order valence-electron chi connectivity index (χ1n) is 8.71. The Morgan fingerprint density at radius 2 is 2.04 bits per heavy atom. The molecule has 7 heteroatoms. The third-order valence-electron chi connectivity index (χ3n) is 4.71. The molecule has 2 aromatic rings. The molecule has 3 rings (SSSR count). The number of nitrogens with one attached hydrogen (secondary N) is 2. The molecule has 1 aromatic carbocycles. The monoisotopic (exact) mass is 356 g/mol. The van der Waals surface area contributed by atoms with E-state index in [4.69, 9.17) is 0 Å². The Kier molecular flexibility index (Phi) is 5.37. The lowest BCUT2D eigenvalue weighted by Crippen LogP contribution is -2.46. The second-order valence-corrected chi connectivity index (χ2v) is 6.94. The lowest BCUT2D eigenvalue weighted by Gasteiger charge is -2.38. The minimum atomic E-state index is -0.318. The number of para-hydroxylation sites is 1. The number of amides is 3. The lowest BCUT2D eigenvalue weighted by atomic mass is 9.75. The van der Waals surface area contributed by atoms with E-state index >= 15 is 0 Å². The van der Waals surface area contributed by atoms with Crippen LogP contribution >= 0.6 is 0 Å². The van der Waals surface area contributed by atoms with Crippen LogP contribution < -0.4 is 10.6 Å². The number of pyridine rings is 1. The number of aliphatic hydroxyl groups is 1. The molecular weight excluding hydrogens is 332 g/mol. The number of carbonyl (C=O) groups is 2. The molecule has 26 heavy (non-hydrogen) atoms. The van der Waals surface area contributed by atoms with Crippen LogP contribution in [0, 0.1) is 5.92 Å². The summed E-state index contributed by atoms with van der Waals surface area (Å²) in [5.74, 6) is -0.110. The molecule has 0 saturated heterocycles. The molecule has 1 aliphatic rings. The molecule has 1 saturated carbocycles. The number of nitrogens with zero attached hydrogens (tertiary/aromatic N) is 2. The van der Waals surface area contributed by atoms with Crippen molar-refractivity contribution in [1.82, 2.24) is 20.5 Å². The molecule has 1 atom stereocenters. The van der Waals surface area contributed by atoms with Crippen LogP contribution in [0.25, 0.3) is 10.9 Å². The summed E-state index contributed by atoms with van der Waals surface area (Å²) in [7, 11) is 3.24. The number of hydrogen-bond donors (Lipinski definition) is 3. The summed E-state index contributed by atoms with van der Waals surface area (Å²) in [4.78, 5) is 29.8. The second kappa shape index (κ2) is 7.70. The van der Waals surface area contributed by atoms with Gasteiger partial charge in [-0.15, -0.1) is 0 Å². The van der Waals surface area contributed by atoms with Crippen molar-refractivity contribution < 1.29 is 14.7 Å². The molecule has 1 aromatic heterocycles. The van der Waals surface area contributed by atoms with Crippen LogP contribution in [0.3, 0.4) is 0 Å². The average Bonchev–Trinajstić information content (AvgIpc) is 2.61. The van der Waals surface area contributed by atoms with Crippen LogP contribution in [0.4, 0.5) is 4.79 Å². The summed E-state index contributed by atoms with van der Waals surface area (Å²) in [6.45, 7) is -0.0935. The molecule has 7 nitrogen and oxygen atoms in total. The number of fused-ring (bicyclic) bond motifs is 1. The third-order valence-corrected chi connectivity index (χ3v) is 4.71. The Labute approximate surface area is 152 Å². The molecule has 0 radical (unpaired) electrons. The molecule has 3 amide bonds. The summed E-state index contributed by atoms with van der Waals surface area (Å²) in [6, 6.07) is 9.28. The van der Waals surface area contributed by atoms with Gasteiger partial charge in [0, 0.05) is 25.7 Å². The van der Waals surface area contributed by atoms with Crippen molar-refractivity contribution in [3.8, 4) is 0 Å². The zero-order chi connectivity index (χ0) is 18.7. The number of urea groups is 1. The number of aliphatic hydroxyl groups excluding tert-OH is 1. The highest BCUT2D eigenvalue weighted by molar-refractivity contribution is 5.84. The fourth-order valence-corrected chi connectivity index (χ4v) is 3.17. The van der Waals surface area contributed by atoms with Crippen molar-refractivity contribution in [1.29, 1.82) is 0 Å². The molecule has 0 bridgehead atoms. The van der Waals surface area contributed by atoms with E-state index in [9.17, 15) is 14.7 Å². The van der Waals surface area contributed by atoms with E-state index in [2.05, 4.69) is 15.6 Å². The third kappa shape index (κ3) is 4.11. The fourth-order valence-electron chi connectivity index (χ4n) is 3.17. The molecule has 1 heterocycles. The maximum Gasteiger partial charge on any atom is 0.317 e. The van der Waals surface area contributed by atoms with Gasteiger partial charge in [0.2, 0.25) is 5.91 Å². The van der Waals surface area contributed by atoms with E-state index < -0.39 is 0 Å². The quantitative estimate of drug-likeness (QED) is 0.755. The van der Waals surface area contributed by atoms with Gasteiger partial charge in [-0.25, -0.2) is 4.79 Å². The Morgan fingerprint density at radius 3 is 2.73 bits per heavy atom. The predicted molar refractivity (Wildman–Crippen MR) is 98.4 cm³/mol. The van der Waals surface area contributed by atoms with E-state index in [-0.39, 0.29) is 36.5 Å². The first-order valence-corrected chi connectivity index (χ1v) is 8.71. The van der Waals surface area contributed by atoms with E-state index in [1.165, 1.54) is 4.90 Å². The number of hydrogen-bond acceptors (Lipinski definition) is 4. The molecule has 3 N–H and O–H groups in total. The van der Waals surface area contributed by atoms with Gasteiger partial charge in [0.05, 0.1) is 24.2 Å². The first-order chi connectivity index (χ1) is 12.4. The van der Waals surface area contributed by atoms with E-state index in [1.54, 1.807) is 20.3 Å². The van der Waals surface area contributed by atoms with Crippen molar-refractivity contribution in [2.45, 2.75) is 25.0 Å². The minimum absolute atomic E-state index is 0.0935. The highest BCUT2D eigenvalue weighted by Gasteiger charge is 2.35. The average molecular weight is 356 g/mol. The summed E-state index contributed by atoms with van der Waals surface area (Å²) in [5, 5.41) is 16.2. The van der Waals surface area contributed by atoms with Crippen LogP contribution in [0.5, 0.6) is 0 Å². The molecule has 0 spiro atoms. The number of aromatic nitrogens is 1. The van der Waals surface area contributed by atoms with Crippen molar-refractivity contribution in [2.75, 3.05) is 20.6 Å². The van der Waals surface area contributed by atoms with Gasteiger partial charge in [-0.1, -0.05) is 18.2 Å². The molecule has 0 aliphatic heterocycles. The van der Waals surface area contributed by atoms with E-state index in [0.29, 0.717) is 12.8 Å². The van der Waals surface area contributed by atoms with Crippen LogP contribution in [0.15, 0.2) is 36.5 Å². The van der Waals surface area contributed by atoms with Gasteiger partial charge in [0.25, 0.3) is 0 Å². The van der Waals surface area contributed by atoms with Gasteiger partial charge in [-0.3, -0.25) is 9.78 Å². The standard InChI is InChI=1S/C19H24N4O3/c1-23(2)19(26)21-11-17(25)22-18(13-8-15(24)9-13)14-7-12-5-3-4-6-16(12)20-10-14/h3-7,10,13,15,18,24H,8-9,11H2,1-2H3,(H,21,26)(H,22,25). The maximum absolute atomic E-state index is 12.3. The van der Waals surface area contributed by atoms with Crippen molar-refractivity contribution in [3.05, 3.63) is 42.1 Å². The van der Waals surface area contributed by atoms with Gasteiger partial charge in [0.15, 0.2) is 0 Å². The number of carbonyl (C=O) groups excluding carboxylic acids is 2. The zero-order valence-electron chi connectivity index (χ0n) is 15.0. The molecule has 1 aliphatic carbocycles. The Hall–Kier alpha value is -2.67. The molecule has 138 valence electrons. The Bertz CT molecular complexity index is 802. The van der Waals surface area contributed by atoms with Crippen LogP contribution in [-0.2, 0) is 4.79 Å². The molecule has 1 unspecified atom stereocenters. The summed E-state index contributed by atoms with van der Waals surface area (Å²) in [5.41, 5.74) is 1.81. The lowest BCUT2D eigenvalue weighted by molar-refractivity contribution is -0.122. The Balaban J connectivity index is 1.74. The normalized spacial score (nSPS) is 20.1. The van der Waals surface area contributed by atoms with Gasteiger partial charge >= 0.3 is 6.03 Å². The van der Waals surface area contributed by atoms with E-state index in [1.807, 2.05) is 30.3 Å². The minimum Gasteiger partial charge on any atom is -0.393 e. The van der Waals surface area contributed by atoms with Crippen LogP contribution in [0.1, 0.15) is 24.4 Å². The summed E-state index contributed by atoms with van der Waals surface area (Å²) in [6.07, 6.45) is 2.74. The smallest absolute Gasteiger partial charge is 0.317 e. The summed E-state index contributed by atoms with van der Waals surface area (Å²) < 4.78 is 0. The topological polar surface area (TPSA) is 94.6 Å². The largest absolute Gasteiger partial charge is 0.393 e. The van der Waals surface area contributed by atoms with Crippen molar-refractivity contribution in [2.24, 2.45) is 5.92 Å². The first kappa shape index (κ1) is 18.1. The van der Waals surface area contributed by atoms with E-state index in [0.717, 1.165) is 16.5 Å². The zero-order valence-corrected chi connectivity index (χ0v) is 15.0. The van der Waals surface area contributed by atoms with Crippen LogP contribution in [-0.4, -0.2) is 53.7 Å². The fraction of sp³-hybridized carbons (Fsp3) is 0.421. The Morgan fingerprint density at radius 1 is 1.31 bits per heavy atom. The highest BCUT2D eigenvalue weighted by atomic mass is 16.3. The summed E-state index contributed by atoms with van der Waals surface area (Å²) >= 11 is 0. The molecular formula is C19H24N4O3. The molecule has 1 fully saturated rings. The number of rotatable bonds is 5. The maximum atomic E-state index is 12.3. The van der Waals surface area contributed by atoms with Gasteiger partial charge in [-0.2, -0.15) is 0 Å². The highest BCUT2D eigenvalue weighted by Crippen LogP contribution is 2.38. The van der Waals surface area contributed by atoms with Gasteiger partial charge < -0.3 is 20.6 Å². The van der Waals surface area contributed by atoms with Gasteiger partial charge in [0.1, 0.15) is 0 Å². The van der Waals surface area contributed by atoms with Crippen molar-refractivity contribution in [3.63, 3.8) is 0 Å². The SMILES string of the molecule is CN(C)C(=O)NCC(=O)NC(c1cnc2ccccc2c1)C1CC(O)C1. The number of benzene rings is 1. The van der Waals surface area contributed by atoms with Crippen LogP contribution in [0.2, 0.25) is 0 Å².